The van der Waals surface area contributed by atoms with Crippen molar-refractivity contribution in [3.8, 4) is 0 Å². The lowest BCUT2D eigenvalue weighted by molar-refractivity contribution is -0.120. The van der Waals surface area contributed by atoms with Gasteiger partial charge in [-0.15, -0.1) is 0 Å². The molecule has 2 aromatic rings. The Balaban J connectivity index is 1.58. The van der Waals surface area contributed by atoms with Crippen molar-refractivity contribution < 1.29 is 9.53 Å². The average Bonchev–Trinajstić information content (AvgIpc) is 2.49. The van der Waals surface area contributed by atoms with Crippen molar-refractivity contribution in [3.63, 3.8) is 0 Å². The Bertz CT molecular complexity index is 511. The number of hydrogen-bond acceptors (Lipinski definition) is 2. The van der Waals surface area contributed by atoms with Crippen molar-refractivity contribution >= 4 is 5.91 Å². The van der Waals surface area contributed by atoms with Crippen molar-refractivity contribution in [2.75, 3.05) is 13.2 Å². The molecule has 0 spiro atoms. The quantitative estimate of drug-likeness (QED) is 0.785. The topological polar surface area (TPSA) is 38.3 Å². The van der Waals surface area contributed by atoms with Gasteiger partial charge in [0.15, 0.2) is 0 Å². The minimum Gasteiger partial charge on any atom is -0.375 e. The summed E-state index contributed by atoms with van der Waals surface area (Å²) in [6, 6.07) is 19.7. The van der Waals surface area contributed by atoms with Crippen LogP contribution in [0.1, 0.15) is 11.1 Å². The van der Waals surface area contributed by atoms with Gasteiger partial charge in [-0.2, -0.15) is 0 Å². The summed E-state index contributed by atoms with van der Waals surface area (Å²) in [6.07, 6.45) is 0.416. The molecule has 0 aliphatic rings. The molecule has 2 aromatic carbocycles. The summed E-state index contributed by atoms with van der Waals surface area (Å²) in [4.78, 5) is 11.7. The zero-order valence-electron chi connectivity index (χ0n) is 11.4. The third-order valence-electron chi connectivity index (χ3n) is 2.89. The van der Waals surface area contributed by atoms with Gasteiger partial charge >= 0.3 is 0 Å². The van der Waals surface area contributed by atoms with E-state index in [1.165, 1.54) is 0 Å². The van der Waals surface area contributed by atoms with Crippen LogP contribution in [-0.4, -0.2) is 19.1 Å². The number of benzene rings is 2. The Labute approximate surface area is 119 Å². The number of carbonyl (C=O) groups is 1. The molecule has 0 heterocycles. The molecule has 0 unspecified atom stereocenters. The normalized spacial score (nSPS) is 10.2. The van der Waals surface area contributed by atoms with Crippen LogP contribution >= 0.6 is 0 Å². The van der Waals surface area contributed by atoms with E-state index >= 15 is 0 Å². The number of hydrogen-bond donors (Lipinski definition) is 1. The van der Waals surface area contributed by atoms with Gasteiger partial charge in [-0.3, -0.25) is 4.79 Å². The first-order valence-electron chi connectivity index (χ1n) is 6.77. The summed E-state index contributed by atoms with van der Waals surface area (Å²) >= 11 is 0. The highest BCUT2D eigenvalue weighted by Gasteiger charge is 2.01. The Morgan fingerprint density at radius 3 is 2.15 bits per heavy atom. The molecule has 0 bridgehead atoms. The van der Waals surface area contributed by atoms with E-state index in [9.17, 15) is 4.79 Å². The molecule has 0 aliphatic carbocycles. The van der Waals surface area contributed by atoms with Gasteiger partial charge in [0.25, 0.3) is 0 Å². The molecule has 0 aliphatic heterocycles. The lowest BCUT2D eigenvalue weighted by Gasteiger charge is -2.06. The number of rotatable bonds is 7. The Morgan fingerprint density at radius 1 is 0.900 bits per heavy atom. The summed E-state index contributed by atoms with van der Waals surface area (Å²) in [5, 5.41) is 2.85. The summed E-state index contributed by atoms with van der Waals surface area (Å²) in [5.41, 5.74) is 2.17. The van der Waals surface area contributed by atoms with Gasteiger partial charge in [-0.05, 0) is 11.1 Å². The molecule has 2 rings (SSSR count). The molecule has 0 radical (unpaired) electrons. The van der Waals surface area contributed by atoms with Gasteiger partial charge in [0.1, 0.15) is 0 Å². The molecule has 1 N–H and O–H groups in total. The van der Waals surface area contributed by atoms with Crippen LogP contribution in [0, 0.1) is 0 Å². The molecule has 3 heteroatoms. The fourth-order valence-corrected chi connectivity index (χ4v) is 1.87. The first-order chi connectivity index (χ1) is 9.84. The van der Waals surface area contributed by atoms with Crippen molar-refractivity contribution in [2.24, 2.45) is 0 Å². The van der Waals surface area contributed by atoms with E-state index in [4.69, 9.17) is 4.74 Å². The minimum absolute atomic E-state index is 0.0273. The van der Waals surface area contributed by atoms with Crippen LogP contribution in [0.2, 0.25) is 0 Å². The predicted molar refractivity (Wildman–Crippen MR) is 79.3 cm³/mol. The highest BCUT2D eigenvalue weighted by molar-refractivity contribution is 5.78. The molecule has 0 atom stereocenters. The third kappa shape index (κ3) is 5.24. The second-order valence-corrected chi connectivity index (χ2v) is 4.55. The maximum absolute atomic E-state index is 11.7. The van der Waals surface area contributed by atoms with Crippen LogP contribution in [0.25, 0.3) is 0 Å². The maximum atomic E-state index is 11.7. The average molecular weight is 269 g/mol. The Kier molecular flexibility index (Phi) is 5.80. The fourth-order valence-electron chi connectivity index (χ4n) is 1.87. The van der Waals surface area contributed by atoms with Gasteiger partial charge in [-0.1, -0.05) is 60.7 Å². The van der Waals surface area contributed by atoms with Crippen LogP contribution in [-0.2, 0) is 22.6 Å². The van der Waals surface area contributed by atoms with E-state index in [1.54, 1.807) is 0 Å². The van der Waals surface area contributed by atoms with Crippen LogP contribution in [0.4, 0.5) is 0 Å². The monoisotopic (exact) mass is 269 g/mol. The zero-order chi connectivity index (χ0) is 14.0. The smallest absolute Gasteiger partial charge is 0.224 e. The van der Waals surface area contributed by atoms with Gasteiger partial charge in [0, 0.05) is 6.54 Å². The van der Waals surface area contributed by atoms with Crippen molar-refractivity contribution in [1.82, 2.24) is 5.32 Å². The van der Waals surface area contributed by atoms with Gasteiger partial charge < -0.3 is 10.1 Å². The molecular formula is C17H19NO2. The standard InChI is InChI=1S/C17H19NO2/c19-17(13-15-7-3-1-4-8-15)18-11-12-20-14-16-9-5-2-6-10-16/h1-10H,11-14H2,(H,18,19). The summed E-state index contributed by atoms with van der Waals surface area (Å²) < 4.78 is 5.51. The van der Waals surface area contributed by atoms with E-state index in [0.717, 1.165) is 11.1 Å². The second-order valence-electron chi connectivity index (χ2n) is 4.55. The molecule has 0 saturated carbocycles. The van der Waals surface area contributed by atoms with E-state index < -0.39 is 0 Å². The summed E-state index contributed by atoms with van der Waals surface area (Å²) in [5.74, 6) is 0.0273. The Morgan fingerprint density at radius 2 is 1.50 bits per heavy atom. The lowest BCUT2D eigenvalue weighted by atomic mass is 10.1. The van der Waals surface area contributed by atoms with E-state index in [-0.39, 0.29) is 5.91 Å². The highest BCUT2D eigenvalue weighted by Crippen LogP contribution is 2.00. The Hall–Kier alpha value is -2.13. The van der Waals surface area contributed by atoms with Crippen molar-refractivity contribution in [2.45, 2.75) is 13.0 Å². The van der Waals surface area contributed by atoms with E-state index in [2.05, 4.69) is 5.32 Å². The maximum Gasteiger partial charge on any atom is 0.224 e. The number of ether oxygens (including phenoxy) is 1. The number of carbonyl (C=O) groups excluding carboxylic acids is 1. The van der Waals surface area contributed by atoms with Gasteiger partial charge in [0.2, 0.25) is 5.91 Å². The predicted octanol–water partition coefficient (Wildman–Crippen LogP) is 2.56. The van der Waals surface area contributed by atoms with Gasteiger partial charge in [-0.25, -0.2) is 0 Å². The largest absolute Gasteiger partial charge is 0.375 e. The van der Waals surface area contributed by atoms with Crippen LogP contribution in [0.3, 0.4) is 0 Å². The molecule has 20 heavy (non-hydrogen) atoms. The lowest BCUT2D eigenvalue weighted by Crippen LogP contribution is -2.28. The van der Waals surface area contributed by atoms with Gasteiger partial charge in [0.05, 0.1) is 19.6 Å². The van der Waals surface area contributed by atoms with Crippen LogP contribution < -0.4 is 5.32 Å². The zero-order valence-corrected chi connectivity index (χ0v) is 11.4. The van der Waals surface area contributed by atoms with Crippen LogP contribution in [0.5, 0.6) is 0 Å². The fraction of sp³-hybridized carbons (Fsp3) is 0.235. The van der Waals surface area contributed by atoms with Crippen molar-refractivity contribution in [3.05, 3.63) is 71.8 Å². The van der Waals surface area contributed by atoms with Crippen molar-refractivity contribution in [1.29, 1.82) is 0 Å². The number of amides is 1. The molecule has 104 valence electrons. The third-order valence-corrected chi connectivity index (χ3v) is 2.89. The molecule has 0 saturated heterocycles. The van der Waals surface area contributed by atoms with E-state index in [0.29, 0.717) is 26.2 Å². The highest BCUT2D eigenvalue weighted by atomic mass is 16.5. The second kappa shape index (κ2) is 8.12. The summed E-state index contributed by atoms with van der Waals surface area (Å²) in [6.45, 7) is 1.64. The van der Waals surface area contributed by atoms with E-state index in [1.807, 2.05) is 60.7 Å². The molecule has 3 nitrogen and oxygen atoms in total. The SMILES string of the molecule is O=C(Cc1ccccc1)NCCOCc1ccccc1. The first kappa shape index (κ1) is 14.3. The molecule has 0 fully saturated rings. The molecular weight excluding hydrogens is 250 g/mol. The van der Waals surface area contributed by atoms with Crippen LogP contribution in [0.15, 0.2) is 60.7 Å². The molecule has 1 amide bonds. The first-order valence-corrected chi connectivity index (χ1v) is 6.77. The minimum atomic E-state index is 0.0273. The number of nitrogens with one attached hydrogen (secondary N) is 1. The summed E-state index contributed by atoms with van der Waals surface area (Å²) in [7, 11) is 0. The molecule has 0 aromatic heterocycles.